The highest BCUT2D eigenvalue weighted by atomic mass is 16.3. The lowest BCUT2D eigenvalue weighted by atomic mass is 9.78. The van der Waals surface area contributed by atoms with Gasteiger partial charge in [0.05, 0.1) is 6.10 Å². The van der Waals surface area contributed by atoms with Crippen LogP contribution in [-0.2, 0) is 0 Å². The predicted octanol–water partition coefficient (Wildman–Crippen LogP) is 3.98. The molecule has 0 aromatic heterocycles. The number of rotatable bonds is 3. The third-order valence-corrected chi connectivity index (χ3v) is 4.28. The summed E-state index contributed by atoms with van der Waals surface area (Å²) in [4.78, 5) is 0. The maximum atomic E-state index is 9.83. The maximum absolute atomic E-state index is 9.83. The summed E-state index contributed by atoms with van der Waals surface area (Å²) in [7, 11) is 0. The van der Waals surface area contributed by atoms with E-state index in [0.29, 0.717) is 17.9 Å². The van der Waals surface area contributed by atoms with Gasteiger partial charge in [0.25, 0.3) is 0 Å². The second-order valence-electron chi connectivity index (χ2n) is 5.82. The molecule has 0 saturated heterocycles. The highest BCUT2D eigenvalue weighted by Gasteiger charge is 2.28. The van der Waals surface area contributed by atoms with Crippen molar-refractivity contribution in [2.45, 2.75) is 52.2 Å². The summed E-state index contributed by atoms with van der Waals surface area (Å²) < 4.78 is 0. The van der Waals surface area contributed by atoms with Crippen LogP contribution < -0.4 is 5.32 Å². The van der Waals surface area contributed by atoms with Crippen LogP contribution in [0.4, 0.5) is 5.69 Å². The monoisotopic (exact) mass is 247 g/mol. The largest absolute Gasteiger partial charge is 0.389 e. The number of aliphatic hydroxyl groups is 1. The third-order valence-electron chi connectivity index (χ3n) is 4.28. The van der Waals surface area contributed by atoms with E-state index >= 15 is 0 Å². The Labute approximate surface area is 110 Å². The van der Waals surface area contributed by atoms with Gasteiger partial charge in [-0.2, -0.15) is 0 Å². The SMILES string of the molecule is CC(O)c1ccccc1NC1C(C)CCCC1C. The molecule has 3 unspecified atom stereocenters. The van der Waals surface area contributed by atoms with Crippen LogP contribution in [0.1, 0.15) is 51.7 Å². The zero-order valence-electron chi connectivity index (χ0n) is 11.7. The first kappa shape index (κ1) is 13.4. The molecule has 1 saturated carbocycles. The quantitative estimate of drug-likeness (QED) is 0.847. The van der Waals surface area contributed by atoms with E-state index in [0.717, 1.165) is 11.3 Å². The highest BCUT2D eigenvalue weighted by molar-refractivity contribution is 5.53. The Kier molecular flexibility index (Phi) is 4.28. The van der Waals surface area contributed by atoms with E-state index in [-0.39, 0.29) is 0 Å². The Morgan fingerprint density at radius 1 is 1.17 bits per heavy atom. The molecule has 0 spiro atoms. The summed E-state index contributed by atoms with van der Waals surface area (Å²) >= 11 is 0. The Bertz CT molecular complexity index is 378. The third kappa shape index (κ3) is 2.86. The molecule has 1 aliphatic rings. The Morgan fingerprint density at radius 2 is 1.78 bits per heavy atom. The van der Waals surface area contributed by atoms with E-state index in [4.69, 9.17) is 0 Å². The first-order valence-electron chi connectivity index (χ1n) is 7.13. The molecule has 1 aliphatic carbocycles. The fourth-order valence-corrected chi connectivity index (χ4v) is 3.14. The molecule has 2 N–H and O–H groups in total. The molecule has 0 bridgehead atoms. The molecule has 3 atom stereocenters. The number of anilines is 1. The first-order valence-corrected chi connectivity index (χ1v) is 7.13. The van der Waals surface area contributed by atoms with Crippen molar-refractivity contribution in [3.8, 4) is 0 Å². The molecular weight excluding hydrogens is 222 g/mol. The topological polar surface area (TPSA) is 32.3 Å². The van der Waals surface area contributed by atoms with Gasteiger partial charge in [-0.3, -0.25) is 0 Å². The molecule has 100 valence electrons. The highest BCUT2D eigenvalue weighted by Crippen LogP contribution is 2.33. The maximum Gasteiger partial charge on any atom is 0.0781 e. The Morgan fingerprint density at radius 3 is 2.39 bits per heavy atom. The minimum absolute atomic E-state index is 0.414. The number of para-hydroxylation sites is 1. The fourth-order valence-electron chi connectivity index (χ4n) is 3.14. The van der Waals surface area contributed by atoms with Crippen LogP contribution in [0.2, 0.25) is 0 Å². The van der Waals surface area contributed by atoms with Crippen molar-refractivity contribution < 1.29 is 5.11 Å². The predicted molar refractivity (Wildman–Crippen MR) is 76.7 cm³/mol. The average molecular weight is 247 g/mol. The minimum Gasteiger partial charge on any atom is -0.389 e. The van der Waals surface area contributed by atoms with Crippen molar-refractivity contribution in [1.29, 1.82) is 0 Å². The van der Waals surface area contributed by atoms with E-state index in [2.05, 4.69) is 25.2 Å². The molecule has 1 fully saturated rings. The van der Waals surface area contributed by atoms with Gasteiger partial charge in [0, 0.05) is 17.3 Å². The number of hydrogen-bond donors (Lipinski definition) is 2. The number of nitrogens with one attached hydrogen (secondary N) is 1. The van der Waals surface area contributed by atoms with Crippen molar-refractivity contribution >= 4 is 5.69 Å². The van der Waals surface area contributed by atoms with Gasteiger partial charge in [0.1, 0.15) is 0 Å². The zero-order chi connectivity index (χ0) is 13.1. The molecule has 1 aromatic carbocycles. The molecule has 2 nitrogen and oxygen atoms in total. The van der Waals surface area contributed by atoms with Crippen molar-refractivity contribution in [2.75, 3.05) is 5.32 Å². The second kappa shape index (κ2) is 5.75. The molecule has 0 aliphatic heterocycles. The van der Waals surface area contributed by atoms with Crippen molar-refractivity contribution in [2.24, 2.45) is 11.8 Å². The summed E-state index contributed by atoms with van der Waals surface area (Å²) in [6.07, 6.45) is 3.54. The molecular formula is C16H25NO. The van der Waals surface area contributed by atoms with Gasteiger partial charge >= 0.3 is 0 Å². The van der Waals surface area contributed by atoms with Gasteiger partial charge in [-0.15, -0.1) is 0 Å². The number of aliphatic hydroxyl groups excluding tert-OH is 1. The lowest BCUT2D eigenvalue weighted by Crippen LogP contribution is -2.37. The first-order chi connectivity index (χ1) is 8.59. The van der Waals surface area contributed by atoms with Crippen molar-refractivity contribution in [1.82, 2.24) is 0 Å². The van der Waals surface area contributed by atoms with Gasteiger partial charge in [0.15, 0.2) is 0 Å². The van der Waals surface area contributed by atoms with Crippen molar-refractivity contribution in [3.63, 3.8) is 0 Å². The normalized spacial score (nSPS) is 29.9. The van der Waals surface area contributed by atoms with Crippen LogP contribution >= 0.6 is 0 Å². The molecule has 0 radical (unpaired) electrons. The summed E-state index contributed by atoms with van der Waals surface area (Å²) in [5.41, 5.74) is 2.10. The van der Waals surface area contributed by atoms with Gasteiger partial charge in [0.2, 0.25) is 0 Å². The van der Waals surface area contributed by atoms with Gasteiger partial charge in [-0.05, 0) is 37.7 Å². The minimum atomic E-state index is -0.414. The molecule has 2 rings (SSSR count). The van der Waals surface area contributed by atoms with E-state index in [1.54, 1.807) is 0 Å². The van der Waals surface area contributed by atoms with Crippen LogP contribution in [0.15, 0.2) is 24.3 Å². The van der Waals surface area contributed by atoms with Crippen LogP contribution in [0.25, 0.3) is 0 Å². The van der Waals surface area contributed by atoms with Crippen LogP contribution in [0, 0.1) is 11.8 Å². The Hall–Kier alpha value is -1.02. The van der Waals surface area contributed by atoms with Crippen LogP contribution in [0.3, 0.4) is 0 Å². The van der Waals surface area contributed by atoms with E-state index < -0.39 is 6.10 Å². The van der Waals surface area contributed by atoms with E-state index in [1.807, 2.05) is 25.1 Å². The van der Waals surface area contributed by atoms with Crippen molar-refractivity contribution in [3.05, 3.63) is 29.8 Å². The summed E-state index contributed by atoms with van der Waals surface area (Å²) in [6, 6.07) is 8.63. The lowest BCUT2D eigenvalue weighted by molar-refractivity contribution is 0.199. The summed E-state index contributed by atoms with van der Waals surface area (Å²) in [5.74, 6) is 1.41. The Balaban J connectivity index is 2.17. The standard InChI is InChI=1S/C16H25NO/c1-11-7-6-8-12(2)16(11)17-15-10-5-4-9-14(15)13(3)18/h4-5,9-13,16-18H,6-8H2,1-3H3. The van der Waals surface area contributed by atoms with Crippen LogP contribution in [0.5, 0.6) is 0 Å². The molecule has 2 heteroatoms. The molecule has 0 heterocycles. The molecule has 0 amide bonds. The van der Waals surface area contributed by atoms with Gasteiger partial charge in [-0.25, -0.2) is 0 Å². The summed E-state index contributed by atoms with van der Waals surface area (Å²) in [5, 5.41) is 13.5. The fraction of sp³-hybridized carbons (Fsp3) is 0.625. The smallest absolute Gasteiger partial charge is 0.0781 e. The molecule has 1 aromatic rings. The number of benzene rings is 1. The average Bonchev–Trinajstić information content (AvgIpc) is 2.34. The molecule has 18 heavy (non-hydrogen) atoms. The van der Waals surface area contributed by atoms with E-state index in [1.165, 1.54) is 19.3 Å². The number of hydrogen-bond acceptors (Lipinski definition) is 2. The second-order valence-corrected chi connectivity index (χ2v) is 5.82. The van der Waals surface area contributed by atoms with Gasteiger partial charge in [-0.1, -0.05) is 38.5 Å². The van der Waals surface area contributed by atoms with Gasteiger partial charge < -0.3 is 10.4 Å². The lowest BCUT2D eigenvalue weighted by Gasteiger charge is -2.36. The van der Waals surface area contributed by atoms with E-state index in [9.17, 15) is 5.11 Å². The summed E-state index contributed by atoms with van der Waals surface area (Å²) in [6.45, 7) is 6.49. The zero-order valence-corrected chi connectivity index (χ0v) is 11.7. The van der Waals surface area contributed by atoms with Crippen LogP contribution in [-0.4, -0.2) is 11.1 Å².